The SMILES string of the molecule is O=C(Nc1c(F)cccc1Cl)c1cc(F)c(-n2nc(C(=O)O)n(C3CCC3)c2=O)cc1O[C@@H](CF)C(F)F. The Morgan fingerprint density at radius 2 is 1.92 bits per heavy atom. The van der Waals surface area contributed by atoms with E-state index in [0.29, 0.717) is 29.7 Å². The number of alkyl halides is 3. The van der Waals surface area contributed by atoms with Crippen molar-refractivity contribution in [3.63, 3.8) is 0 Å². The fraction of sp³-hybridized carbons (Fsp3) is 0.304. The van der Waals surface area contributed by atoms with Gasteiger partial charge in [-0.25, -0.2) is 31.5 Å². The van der Waals surface area contributed by atoms with Gasteiger partial charge in [-0.2, -0.15) is 4.68 Å². The third-order valence-electron chi connectivity index (χ3n) is 5.88. The number of hydrogen-bond donors (Lipinski definition) is 2. The maximum absolute atomic E-state index is 15.3. The van der Waals surface area contributed by atoms with E-state index in [0.717, 1.165) is 17.1 Å². The maximum Gasteiger partial charge on any atom is 0.374 e. The van der Waals surface area contributed by atoms with E-state index in [2.05, 4.69) is 10.4 Å². The number of halogens is 6. The van der Waals surface area contributed by atoms with Crippen LogP contribution in [0.1, 0.15) is 46.3 Å². The lowest BCUT2D eigenvalue weighted by molar-refractivity contribution is -0.00159. The molecule has 38 heavy (non-hydrogen) atoms. The minimum atomic E-state index is -3.37. The van der Waals surface area contributed by atoms with E-state index in [1.807, 2.05) is 0 Å². The average Bonchev–Trinajstić information content (AvgIpc) is 3.15. The second-order valence-corrected chi connectivity index (χ2v) is 8.68. The summed E-state index contributed by atoms with van der Waals surface area (Å²) >= 11 is 5.88. The predicted octanol–water partition coefficient (Wildman–Crippen LogP) is 4.62. The molecule has 15 heteroatoms. The van der Waals surface area contributed by atoms with Gasteiger partial charge in [0.2, 0.25) is 5.82 Å². The molecule has 1 amide bonds. The molecule has 1 aliphatic carbocycles. The maximum atomic E-state index is 15.3. The fourth-order valence-corrected chi connectivity index (χ4v) is 3.96. The molecule has 9 nitrogen and oxygen atoms in total. The van der Waals surface area contributed by atoms with E-state index >= 15 is 4.39 Å². The zero-order chi connectivity index (χ0) is 27.7. The molecule has 4 rings (SSSR count). The van der Waals surface area contributed by atoms with E-state index in [9.17, 15) is 37.1 Å². The Bertz CT molecular complexity index is 1440. The van der Waals surface area contributed by atoms with Crippen molar-refractivity contribution < 1.29 is 41.4 Å². The van der Waals surface area contributed by atoms with Crippen molar-refractivity contribution in [1.82, 2.24) is 14.3 Å². The highest BCUT2D eigenvalue weighted by atomic mass is 35.5. The Balaban J connectivity index is 1.84. The van der Waals surface area contributed by atoms with E-state index in [4.69, 9.17) is 16.3 Å². The monoisotopic (exact) mass is 560 g/mol. The summed E-state index contributed by atoms with van der Waals surface area (Å²) in [6, 6.07) is 4.06. The Kier molecular flexibility index (Phi) is 7.71. The van der Waals surface area contributed by atoms with Gasteiger partial charge >= 0.3 is 11.7 Å². The Morgan fingerprint density at radius 3 is 2.47 bits per heavy atom. The van der Waals surface area contributed by atoms with Gasteiger partial charge in [-0.1, -0.05) is 17.7 Å². The number of aromatic carboxylic acids is 1. The largest absolute Gasteiger partial charge is 0.481 e. The highest BCUT2D eigenvalue weighted by Gasteiger charge is 2.32. The number of benzene rings is 2. The molecule has 1 fully saturated rings. The molecular formula is C23H18ClF5N4O5. The molecule has 1 heterocycles. The molecule has 0 saturated heterocycles. The van der Waals surface area contributed by atoms with Crippen LogP contribution in [0.5, 0.6) is 5.75 Å². The second-order valence-electron chi connectivity index (χ2n) is 8.27. The van der Waals surface area contributed by atoms with Gasteiger partial charge in [0.25, 0.3) is 12.3 Å². The number of anilines is 1. The van der Waals surface area contributed by atoms with Gasteiger partial charge in [0.1, 0.15) is 29.7 Å². The minimum absolute atomic E-state index is 0.235. The molecule has 0 bridgehead atoms. The van der Waals surface area contributed by atoms with Crippen LogP contribution in [-0.4, -0.2) is 50.5 Å². The molecule has 1 saturated carbocycles. The number of carbonyl (C=O) groups excluding carboxylic acids is 1. The molecular weight excluding hydrogens is 543 g/mol. The Labute approximate surface area is 215 Å². The van der Waals surface area contributed by atoms with E-state index in [-0.39, 0.29) is 5.02 Å². The van der Waals surface area contributed by atoms with Crippen LogP contribution in [0.2, 0.25) is 5.02 Å². The number of carboxylic acid groups (broad SMARTS) is 1. The zero-order valence-electron chi connectivity index (χ0n) is 19.1. The van der Waals surface area contributed by atoms with Crippen molar-refractivity contribution in [3.05, 3.63) is 68.9 Å². The van der Waals surface area contributed by atoms with Crippen LogP contribution in [-0.2, 0) is 0 Å². The lowest BCUT2D eigenvalue weighted by atomic mass is 9.93. The molecule has 202 valence electrons. The van der Waals surface area contributed by atoms with Crippen molar-refractivity contribution in [2.45, 2.75) is 37.8 Å². The number of amides is 1. The summed E-state index contributed by atoms with van der Waals surface area (Å²) in [6.45, 7) is -1.70. The van der Waals surface area contributed by atoms with Gasteiger partial charge in [-0.15, -0.1) is 5.10 Å². The molecule has 0 unspecified atom stereocenters. The topological polar surface area (TPSA) is 115 Å². The summed E-state index contributed by atoms with van der Waals surface area (Å²) < 4.78 is 75.4. The lowest BCUT2D eigenvalue weighted by Gasteiger charge is -2.26. The summed E-state index contributed by atoms with van der Waals surface area (Å²) in [4.78, 5) is 37.6. The highest BCUT2D eigenvalue weighted by molar-refractivity contribution is 6.34. The third kappa shape index (κ3) is 5.08. The first-order valence-corrected chi connectivity index (χ1v) is 11.5. The van der Waals surface area contributed by atoms with Gasteiger partial charge in [-0.05, 0) is 37.5 Å². The number of carbonyl (C=O) groups is 2. The normalized spacial score (nSPS) is 14.3. The number of nitrogens with zero attached hydrogens (tertiary/aromatic N) is 3. The fourth-order valence-electron chi connectivity index (χ4n) is 3.75. The molecule has 1 atom stereocenters. The van der Waals surface area contributed by atoms with Crippen LogP contribution < -0.4 is 15.7 Å². The highest BCUT2D eigenvalue weighted by Crippen LogP contribution is 2.33. The number of para-hydroxylation sites is 1. The first kappa shape index (κ1) is 27.1. The van der Waals surface area contributed by atoms with Crippen molar-refractivity contribution in [2.75, 3.05) is 12.0 Å². The van der Waals surface area contributed by atoms with Crippen LogP contribution in [0.15, 0.2) is 35.1 Å². The number of carboxylic acids is 1. The van der Waals surface area contributed by atoms with Crippen molar-refractivity contribution in [3.8, 4) is 11.4 Å². The quantitative estimate of drug-likeness (QED) is 0.369. The predicted molar refractivity (Wildman–Crippen MR) is 123 cm³/mol. The number of ether oxygens (including phenoxy) is 1. The summed E-state index contributed by atoms with van der Waals surface area (Å²) in [5, 5.41) is 15.0. The Hall–Kier alpha value is -3.94. The molecule has 1 aliphatic rings. The van der Waals surface area contributed by atoms with Crippen molar-refractivity contribution >= 4 is 29.2 Å². The summed E-state index contributed by atoms with van der Waals surface area (Å²) in [5.41, 5.74) is -3.07. The third-order valence-corrected chi connectivity index (χ3v) is 6.19. The first-order chi connectivity index (χ1) is 18.0. The van der Waals surface area contributed by atoms with Crippen molar-refractivity contribution in [1.29, 1.82) is 0 Å². The van der Waals surface area contributed by atoms with Crippen LogP contribution in [0.25, 0.3) is 5.69 Å². The standard InChI is InChI=1S/C23H18ClF5N4O5/c24-12-5-2-6-13(26)18(12)30-21(34)11-7-14(27)15(8-16(11)38-17(9-25)19(28)29)33-23(37)32(10-3-1-4-10)20(31-33)22(35)36/h2,5-8,10,17,19H,1,3-4,9H2,(H,30,34)(H,35,36)/t17-/m0/s1. The summed E-state index contributed by atoms with van der Waals surface area (Å²) in [7, 11) is 0. The van der Waals surface area contributed by atoms with Crippen LogP contribution in [0.4, 0.5) is 27.6 Å². The van der Waals surface area contributed by atoms with Gasteiger partial charge in [0.05, 0.1) is 16.3 Å². The van der Waals surface area contributed by atoms with Gasteiger partial charge in [0, 0.05) is 12.1 Å². The van der Waals surface area contributed by atoms with Crippen LogP contribution in [0.3, 0.4) is 0 Å². The van der Waals surface area contributed by atoms with Gasteiger partial charge in [-0.3, -0.25) is 9.36 Å². The molecule has 0 aliphatic heterocycles. The number of aromatic nitrogens is 3. The van der Waals surface area contributed by atoms with Crippen LogP contribution in [0, 0.1) is 11.6 Å². The van der Waals surface area contributed by atoms with E-state index in [1.54, 1.807) is 0 Å². The van der Waals surface area contributed by atoms with E-state index in [1.165, 1.54) is 12.1 Å². The summed E-state index contributed by atoms with van der Waals surface area (Å²) in [6.07, 6.45) is -4.08. The van der Waals surface area contributed by atoms with E-state index < -0.39 is 83.0 Å². The number of nitrogens with one attached hydrogen (secondary N) is 1. The lowest BCUT2D eigenvalue weighted by Crippen LogP contribution is -2.32. The molecule has 3 aromatic rings. The number of rotatable bonds is 9. The van der Waals surface area contributed by atoms with Gasteiger partial charge < -0.3 is 15.2 Å². The Morgan fingerprint density at radius 1 is 1.21 bits per heavy atom. The van der Waals surface area contributed by atoms with Gasteiger partial charge in [0.15, 0.2) is 6.10 Å². The summed E-state index contributed by atoms with van der Waals surface area (Å²) in [5.74, 6) is -6.61. The average molecular weight is 561 g/mol. The molecule has 0 spiro atoms. The smallest absolute Gasteiger partial charge is 0.374 e. The molecule has 0 radical (unpaired) electrons. The first-order valence-electron chi connectivity index (χ1n) is 11.1. The zero-order valence-corrected chi connectivity index (χ0v) is 19.9. The second kappa shape index (κ2) is 10.8. The molecule has 2 N–H and O–H groups in total. The molecule has 1 aromatic heterocycles. The van der Waals surface area contributed by atoms with Crippen molar-refractivity contribution in [2.24, 2.45) is 0 Å². The molecule has 2 aromatic carbocycles. The van der Waals surface area contributed by atoms with Crippen LogP contribution >= 0.6 is 11.6 Å². The number of hydrogen-bond acceptors (Lipinski definition) is 5. The minimum Gasteiger partial charge on any atom is -0.481 e.